The number of aliphatic hydroxyl groups is 1. The van der Waals surface area contributed by atoms with Crippen molar-refractivity contribution in [1.82, 2.24) is 5.32 Å². The molecule has 6 heteroatoms. The smallest absolute Gasteiger partial charge is 0.220 e. The minimum atomic E-state index is -0.246. The highest BCUT2D eigenvalue weighted by molar-refractivity contribution is 5.76. The van der Waals surface area contributed by atoms with Gasteiger partial charge in [-0.05, 0) is 122 Å². The molecule has 0 aromatic heterocycles. The molecule has 5 fully saturated rings. The lowest BCUT2D eigenvalue weighted by molar-refractivity contribution is -0.169. The third kappa shape index (κ3) is 3.99. The van der Waals surface area contributed by atoms with E-state index in [1.807, 2.05) is 0 Å². The van der Waals surface area contributed by atoms with Crippen LogP contribution in [0.15, 0.2) is 5.11 Å². The number of nitrogens with one attached hydrogen (secondary N) is 1. The van der Waals surface area contributed by atoms with Crippen LogP contribution < -0.4 is 5.32 Å². The maximum atomic E-state index is 12.3. The Hall–Kier alpha value is -1.26. The van der Waals surface area contributed by atoms with Crippen molar-refractivity contribution >= 4 is 5.91 Å². The van der Waals surface area contributed by atoms with Gasteiger partial charge in [-0.15, -0.1) is 0 Å². The summed E-state index contributed by atoms with van der Waals surface area (Å²) < 4.78 is 0. The van der Waals surface area contributed by atoms with Crippen LogP contribution in [-0.2, 0) is 4.79 Å². The Morgan fingerprint density at radius 1 is 1.12 bits per heavy atom. The van der Waals surface area contributed by atoms with Crippen LogP contribution in [0.25, 0.3) is 10.4 Å². The SMILES string of the molecule is CC(CCC(=O)NC1CC1)[C@H]1CCC2C3CC[C@@H]4C[C@@H](N=[N+]=[N-])CC[C@]4(C)C3C[C@H](O)[C@@]21C. The standard InChI is InChI=1S/C27H44N4O2/c1-16(4-11-25(33)29-18-6-7-18)21-9-10-22-20-8-5-17-14-19(30-31-28)12-13-26(17,2)23(20)15-24(32)27(21,22)3/h16-24,32H,4-15H2,1-3H3,(H,29,33)/t16?,17-,19+,20?,21-,22?,23?,24+,26+,27-/m1/s1. The molecule has 0 aromatic carbocycles. The number of rotatable bonds is 6. The third-order valence-corrected chi connectivity index (χ3v) is 11.5. The summed E-state index contributed by atoms with van der Waals surface area (Å²) in [5.41, 5.74) is 9.17. The zero-order chi connectivity index (χ0) is 23.4. The molecule has 5 aliphatic rings. The lowest BCUT2D eigenvalue weighted by atomic mass is 9.43. The lowest BCUT2D eigenvalue weighted by Gasteiger charge is -2.62. The van der Waals surface area contributed by atoms with Crippen molar-refractivity contribution in [2.45, 2.75) is 116 Å². The molecule has 0 heterocycles. The van der Waals surface area contributed by atoms with Crippen LogP contribution in [0.5, 0.6) is 0 Å². The van der Waals surface area contributed by atoms with Crippen LogP contribution in [0.3, 0.4) is 0 Å². The van der Waals surface area contributed by atoms with E-state index in [1.165, 1.54) is 25.7 Å². The number of carbonyl (C=O) groups is 1. The molecule has 6 nitrogen and oxygen atoms in total. The molecule has 0 saturated heterocycles. The van der Waals surface area contributed by atoms with Crippen molar-refractivity contribution in [1.29, 1.82) is 0 Å². The van der Waals surface area contributed by atoms with Gasteiger partial charge < -0.3 is 10.4 Å². The summed E-state index contributed by atoms with van der Waals surface area (Å²) >= 11 is 0. The van der Waals surface area contributed by atoms with Crippen molar-refractivity contribution in [2.75, 3.05) is 0 Å². The van der Waals surface area contributed by atoms with E-state index in [-0.39, 0.29) is 28.9 Å². The van der Waals surface area contributed by atoms with Crippen LogP contribution in [0.1, 0.15) is 97.8 Å². The van der Waals surface area contributed by atoms with Crippen molar-refractivity contribution in [3.63, 3.8) is 0 Å². The van der Waals surface area contributed by atoms with Gasteiger partial charge in [0.05, 0.1) is 6.10 Å². The maximum Gasteiger partial charge on any atom is 0.220 e. The maximum absolute atomic E-state index is 12.3. The summed E-state index contributed by atoms with van der Waals surface area (Å²) in [5.74, 6) is 3.74. The predicted molar refractivity (Wildman–Crippen MR) is 129 cm³/mol. The van der Waals surface area contributed by atoms with Crippen LogP contribution >= 0.6 is 0 Å². The van der Waals surface area contributed by atoms with Gasteiger partial charge in [0, 0.05) is 23.4 Å². The van der Waals surface area contributed by atoms with Gasteiger partial charge in [-0.1, -0.05) is 25.9 Å². The molecule has 0 radical (unpaired) electrons. The molecule has 2 N–H and O–H groups in total. The van der Waals surface area contributed by atoms with E-state index < -0.39 is 0 Å². The first-order chi connectivity index (χ1) is 15.8. The van der Waals surface area contributed by atoms with Crippen LogP contribution in [0.2, 0.25) is 0 Å². The average Bonchev–Trinajstić information content (AvgIpc) is 3.52. The molecule has 10 atom stereocenters. The number of nitrogens with zero attached hydrogens (tertiary/aromatic N) is 3. The molecule has 0 bridgehead atoms. The fraction of sp³-hybridized carbons (Fsp3) is 0.963. The second-order valence-corrected chi connectivity index (χ2v) is 12.9. The molecule has 1 amide bonds. The van der Waals surface area contributed by atoms with Gasteiger partial charge in [-0.3, -0.25) is 4.79 Å². The quantitative estimate of drug-likeness (QED) is 0.291. The Balaban J connectivity index is 1.28. The van der Waals surface area contributed by atoms with E-state index >= 15 is 0 Å². The summed E-state index contributed by atoms with van der Waals surface area (Å²) in [6.07, 6.45) is 12.7. The number of amides is 1. The molecular formula is C27H44N4O2. The van der Waals surface area contributed by atoms with E-state index in [0.29, 0.717) is 48.0 Å². The van der Waals surface area contributed by atoms with E-state index in [2.05, 4.69) is 36.1 Å². The molecule has 4 unspecified atom stereocenters. The number of fused-ring (bicyclic) bond motifs is 5. The number of carbonyl (C=O) groups excluding carboxylic acids is 1. The van der Waals surface area contributed by atoms with Crippen LogP contribution in [0.4, 0.5) is 0 Å². The van der Waals surface area contributed by atoms with Crippen LogP contribution in [-0.4, -0.2) is 29.2 Å². The summed E-state index contributed by atoms with van der Waals surface area (Å²) in [5, 5.41) is 18.9. The first-order valence-electron chi connectivity index (χ1n) is 13.8. The highest BCUT2D eigenvalue weighted by Crippen LogP contribution is 2.68. The summed E-state index contributed by atoms with van der Waals surface area (Å²) in [7, 11) is 0. The van der Waals surface area contributed by atoms with Gasteiger partial charge in [0.25, 0.3) is 0 Å². The van der Waals surface area contributed by atoms with E-state index in [4.69, 9.17) is 5.53 Å². The first kappa shape index (κ1) is 23.5. The number of hydrogen-bond donors (Lipinski definition) is 2. The van der Waals surface area contributed by atoms with Crippen LogP contribution in [0, 0.1) is 46.3 Å². The van der Waals surface area contributed by atoms with Gasteiger partial charge in [0.15, 0.2) is 0 Å². The molecule has 0 aliphatic heterocycles. The molecule has 184 valence electrons. The second-order valence-electron chi connectivity index (χ2n) is 12.9. The number of aliphatic hydroxyl groups excluding tert-OH is 1. The lowest BCUT2D eigenvalue weighted by Crippen LogP contribution is -2.58. The molecule has 33 heavy (non-hydrogen) atoms. The summed E-state index contributed by atoms with van der Waals surface area (Å²) in [6, 6.07) is 0.605. The third-order valence-electron chi connectivity index (χ3n) is 11.5. The molecule has 0 aromatic rings. The zero-order valence-electron chi connectivity index (χ0n) is 20.9. The van der Waals surface area contributed by atoms with Gasteiger partial charge in [0.1, 0.15) is 0 Å². The second kappa shape index (κ2) is 8.75. The minimum absolute atomic E-state index is 0.0148. The van der Waals surface area contributed by atoms with Crippen molar-refractivity contribution in [3.05, 3.63) is 10.4 Å². The Kier molecular flexibility index (Phi) is 6.23. The van der Waals surface area contributed by atoms with Gasteiger partial charge in [-0.25, -0.2) is 0 Å². The number of azide groups is 1. The fourth-order valence-corrected chi connectivity index (χ4v) is 9.43. The number of hydrogen-bond acceptors (Lipinski definition) is 3. The monoisotopic (exact) mass is 456 g/mol. The molecular weight excluding hydrogens is 412 g/mol. The molecule has 5 saturated carbocycles. The van der Waals surface area contributed by atoms with E-state index in [1.54, 1.807) is 0 Å². The Labute approximate surface area is 199 Å². The minimum Gasteiger partial charge on any atom is -0.393 e. The highest BCUT2D eigenvalue weighted by atomic mass is 16.3. The topological polar surface area (TPSA) is 98.1 Å². The predicted octanol–water partition coefficient (Wildman–Crippen LogP) is 5.99. The van der Waals surface area contributed by atoms with Crippen molar-refractivity contribution in [3.8, 4) is 0 Å². The van der Waals surface area contributed by atoms with E-state index in [9.17, 15) is 9.90 Å². The van der Waals surface area contributed by atoms with Crippen molar-refractivity contribution < 1.29 is 9.90 Å². The Morgan fingerprint density at radius 3 is 2.64 bits per heavy atom. The normalized spacial score (nSPS) is 47.5. The van der Waals surface area contributed by atoms with Gasteiger partial charge in [0.2, 0.25) is 5.91 Å². The fourth-order valence-electron chi connectivity index (χ4n) is 9.43. The van der Waals surface area contributed by atoms with Gasteiger partial charge >= 0.3 is 0 Å². The van der Waals surface area contributed by atoms with Gasteiger partial charge in [-0.2, -0.15) is 0 Å². The first-order valence-corrected chi connectivity index (χ1v) is 13.8. The Bertz CT molecular complexity index is 808. The average molecular weight is 457 g/mol. The van der Waals surface area contributed by atoms with E-state index in [0.717, 1.165) is 44.9 Å². The van der Waals surface area contributed by atoms with Crippen molar-refractivity contribution in [2.24, 2.45) is 51.5 Å². The summed E-state index contributed by atoms with van der Waals surface area (Å²) in [4.78, 5) is 15.4. The Morgan fingerprint density at radius 2 is 1.91 bits per heavy atom. The molecule has 0 spiro atoms. The highest BCUT2D eigenvalue weighted by Gasteiger charge is 2.63. The molecule has 5 rings (SSSR count). The summed E-state index contributed by atoms with van der Waals surface area (Å²) in [6.45, 7) is 7.21. The zero-order valence-corrected chi connectivity index (χ0v) is 20.9. The molecule has 5 aliphatic carbocycles. The largest absolute Gasteiger partial charge is 0.393 e.